The van der Waals surface area contributed by atoms with Crippen molar-refractivity contribution in [1.82, 2.24) is 0 Å². The van der Waals surface area contributed by atoms with Gasteiger partial charge in [0.15, 0.2) is 5.66 Å². The van der Waals surface area contributed by atoms with E-state index in [2.05, 4.69) is 5.73 Å². The van der Waals surface area contributed by atoms with Gasteiger partial charge in [-0.1, -0.05) is 0 Å². The molecule has 4 N–H and O–H groups in total. The van der Waals surface area contributed by atoms with Crippen molar-refractivity contribution in [3.05, 3.63) is 0 Å². The van der Waals surface area contributed by atoms with E-state index in [0.29, 0.717) is 0 Å². The molecule has 0 aliphatic heterocycles. The van der Waals surface area contributed by atoms with E-state index in [1.54, 1.807) is 0 Å². The summed E-state index contributed by atoms with van der Waals surface area (Å²) >= 11 is 0. The van der Waals surface area contributed by atoms with Crippen molar-refractivity contribution in [2.45, 2.75) is 11.8 Å². The van der Waals surface area contributed by atoms with Crippen molar-refractivity contribution in [3.63, 3.8) is 0 Å². The van der Waals surface area contributed by atoms with Crippen molar-refractivity contribution in [2.24, 2.45) is 5.73 Å². The molecule has 0 saturated carbocycles. The first-order chi connectivity index (χ1) is 4.69. The molecule has 1 unspecified atom stereocenters. The quantitative estimate of drug-likeness (QED) is 0.541. The number of alkyl halides is 3. The summed E-state index contributed by atoms with van der Waals surface area (Å²) in [5.41, 5.74) is 1.79. The van der Waals surface area contributed by atoms with Crippen LogP contribution in [-0.4, -0.2) is 28.2 Å². The lowest BCUT2D eigenvalue weighted by Gasteiger charge is -2.18. The number of hydrogen-bond donors (Lipinski definition) is 3. The molecule has 0 aromatic rings. The second kappa shape index (κ2) is 3.10. The molecule has 4 nitrogen and oxygen atoms in total. The Bertz CT molecular complexity index is 175. The Morgan fingerprint density at radius 1 is 1.45 bits per heavy atom. The minimum atomic E-state index is -5.15. The summed E-state index contributed by atoms with van der Waals surface area (Å²) in [5.74, 6) is 0. The number of halogens is 3. The van der Waals surface area contributed by atoms with Crippen LogP contribution in [0.15, 0.2) is 0 Å². The highest BCUT2D eigenvalue weighted by molar-refractivity contribution is 7.52. The molecule has 0 rings (SSSR count). The maximum absolute atomic E-state index is 11.6. The lowest BCUT2D eigenvalue weighted by molar-refractivity contribution is -0.132. The van der Waals surface area contributed by atoms with Gasteiger partial charge in [0.05, 0.1) is 0 Å². The summed E-state index contributed by atoms with van der Waals surface area (Å²) in [6.07, 6.45) is -4.94. The molecule has 0 bridgehead atoms. The maximum atomic E-state index is 11.6. The number of hydrogen-bond acceptors (Lipinski definition) is 2. The fourth-order valence-corrected chi connectivity index (χ4v) is 1.12. The lowest BCUT2D eigenvalue weighted by Crippen LogP contribution is -2.35. The van der Waals surface area contributed by atoms with Gasteiger partial charge >= 0.3 is 13.8 Å². The first kappa shape index (κ1) is 10.9. The molecule has 0 spiro atoms. The Morgan fingerprint density at radius 3 is 1.82 bits per heavy atom. The first-order valence-electron chi connectivity index (χ1n) is 2.51. The maximum Gasteiger partial charge on any atom is 0.404 e. The van der Waals surface area contributed by atoms with Crippen LogP contribution in [0.3, 0.4) is 0 Å². The van der Waals surface area contributed by atoms with Gasteiger partial charge in [-0.3, -0.25) is 4.57 Å². The van der Waals surface area contributed by atoms with Crippen LogP contribution >= 0.6 is 7.60 Å². The molecule has 1 atom stereocenters. The smallest absolute Gasteiger partial charge is 0.329 e. The Morgan fingerprint density at radius 2 is 1.82 bits per heavy atom. The number of rotatable bonds is 2. The molecular formula is C3H7F3NO3P. The SMILES string of the molecule is NCC(C(F)(F)F)P(=O)(O)O. The summed E-state index contributed by atoms with van der Waals surface area (Å²) in [4.78, 5) is 16.2. The van der Waals surface area contributed by atoms with Gasteiger partial charge in [-0.05, 0) is 0 Å². The monoisotopic (exact) mass is 193 g/mol. The van der Waals surface area contributed by atoms with Crippen molar-refractivity contribution >= 4 is 7.60 Å². The first-order valence-corrected chi connectivity index (χ1v) is 4.19. The Kier molecular flexibility index (Phi) is 3.07. The van der Waals surface area contributed by atoms with E-state index in [1.165, 1.54) is 0 Å². The normalized spacial score (nSPS) is 16.5. The summed E-state index contributed by atoms with van der Waals surface area (Å²) < 4.78 is 45.0. The van der Waals surface area contributed by atoms with Crippen LogP contribution in [0.5, 0.6) is 0 Å². The van der Waals surface area contributed by atoms with Crippen LogP contribution in [0.1, 0.15) is 0 Å². The van der Waals surface area contributed by atoms with E-state index >= 15 is 0 Å². The highest BCUT2D eigenvalue weighted by atomic mass is 31.2. The second-order valence-corrected chi connectivity index (χ2v) is 3.68. The van der Waals surface area contributed by atoms with Crippen molar-refractivity contribution < 1.29 is 27.5 Å². The van der Waals surface area contributed by atoms with E-state index in [-0.39, 0.29) is 0 Å². The van der Waals surface area contributed by atoms with E-state index in [4.69, 9.17) is 9.79 Å². The van der Waals surface area contributed by atoms with Gasteiger partial charge in [-0.25, -0.2) is 0 Å². The van der Waals surface area contributed by atoms with Crippen LogP contribution < -0.4 is 5.73 Å². The second-order valence-electron chi connectivity index (χ2n) is 1.88. The molecule has 0 aliphatic carbocycles. The number of nitrogens with two attached hydrogens (primary N) is 1. The highest BCUT2D eigenvalue weighted by Crippen LogP contribution is 2.48. The molecule has 0 heterocycles. The van der Waals surface area contributed by atoms with Crippen LogP contribution in [-0.2, 0) is 4.57 Å². The third-order valence-electron chi connectivity index (χ3n) is 1.01. The van der Waals surface area contributed by atoms with Crippen molar-refractivity contribution in [2.75, 3.05) is 6.54 Å². The van der Waals surface area contributed by atoms with Crippen molar-refractivity contribution in [3.8, 4) is 0 Å². The van der Waals surface area contributed by atoms with Crippen LogP contribution in [0.2, 0.25) is 0 Å². The van der Waals surface area contributed by atoms with E-state index in [0.717, 1.165) is 0 Å². The molecule has 0 amide bonds. The van der Waals surface area contributed by atoms with E-state index in [1.807, 2.05) is 0 Å². The molecule has 0 fully saturated rings. The zero-order chi connectivity index (χ0) is 9.28. The Labute approximate surface area is 60.4 Å². The van der Waals surface area contributed by atoms with Gasteiger partial charge in [0.1, 0.15) is 0 Å². The summed E-state index contributed by atoms with van der Waals surface area (Å²) in [6.45, 7) is -1.10. The van der Waals surface area contributed by atoms with Gasteiger partial charge in [0.2, 0.25) is 0 Å². The molecular weight excluding hydrogens is 186 g/mol. The van der Waals surface area contributed by atoms with E-state index in [9.17, 15) is 17.7 Å². The average Bonchev–Trinajstić information content (AvgIpc) is 1.56. The molecule has 0 radical (unpaired) electrons. The molecule has 0 aromatic heterocycles. The van der Waals surface area contributed by atoms with Crippen LogP contribution in [0.4, 0.5) is 13.2 Å². The van der Waals surface area contributed by atoms with Gasteiger partial charge in [0, 0.05) is 6.54 Å². The zero-order valence-electron chi connectivity index (χ0n) is 5.25. The molecule has 0 saturated heterocycles. The summed E-state index contributed by atoms with van der Waals surface area (Å²) in [7, 11) is -5.15. The highest BCUT2D eigenvalue weighted by Gasteiger charge is 2.49. The predicted octanol–water partition coefficient (Wildman–Crippen LogP) is 0.0537. The Balaban J connectivity index is 4.57. The van der Waals surface area contributed by atoms with Crippen molar-refractivity contribution in [1.29, 1.82) is 0 Å². The average molecular weight is 193 g/mol. The standard InChI is InChI=1S/C3H7F3NO3P/c4-3(5,6)2(1-7)11(8,9)10/h2H,1,7H2,(H2,8,9,10). The summed E-state index contributed by atoms with van der Waals surface area (Å²) in [6, 6.07) is 0. The molecule has 11 heavy (non-hydrogen) atoms. The molecule has 68 valence electrons. The predicted molar refractivity (Wildman–Crippen MR) is 30.9 cm³/mol. The van der Waals surface area contributed by atoms with Gasteiger partial charge in [-0.2, -0.15) is 13.2 Å². The third kappa shape index (κ3) is 3.20. The molecule has 0 aromatic carbocycles. The fraction of sp³-hybridized carbons (Fsp3) is 1.00. The third-order valence-corrected chi connectivity index (χ3v) is 2.32. The minimum absolute atomic E-state index is 1.10. The zero-order valence-corrected chi connectivity index (χ0v) is 6.14. The van der Waals surface area contributed by atoms with E-state index < -0.39 is 26.0 Å². The summed E-state index contributed by atoms with van der Waals surface area (Å²) in [5, 5.41) is 0. The Hall–Kier alpha value is -0.100. The molecule has 8 heteroatoms. The lowest BCUT2D eigenvalue weighted by atomic mass is 10.4. The van der Waals surface area contributed by atoms with Crippen LogP contribution in [0.25, 0.3) is 0 Å². The molecule has 0 aliphatic rings. The topological polar surface area (TPSA) is 83.6 Å². The van der Waals surface area contributed by atoms with Gasteiger partial charge in [0.25, 0.3) is 0 Å². The fourth-order valence-electron chi connectivity index (χ4n) is 0.462. The van der Waals surface area contributed by atoms with Gasteiger partial charge < -0.3 is 15.5 Å². The van der Waals surface area contributed by atoms with Gasteiger partial charge in [-0.15, -0.1) is 0 Å². The largest absolute Gasteiger partial charge is 0.404 e. The van der Waals surface area contributed by atoms with Crippen LogP contribution in [0, 0.1) is 0 Å². The minimum Gasteiger partial charge on any atom is -0.329 e.